The second kappa shape index (κ2) is 50.1. The number of benzene rings is 12. The molecule has 0 aliphatic heterocycles. The van der Waals surface area contributed by atoms with E-state index in [2.05, 4.69) is 76.7 Å². The van der Waals surface area contributed by atoms with Crippen molar-refractivity contribution in [2.75, 3.05) is 72.3 Å². The molecule has 136 heavy (non-hydrogen) atoms. The van der Waals surface area contributed by atoms with E-state index in [1.54, 1.807) is 0 Å². The van der Waals surface area contributed by atoms with Crippen LogP contribution in [0.15, 0.2) is 291 Å². The molecule has 13 rings (SSSR count). The van der Waals surface area contributed by atoms with Crippen LogP contribution >= 0.6 is 28.6 Å². The van der Waals surface area contributed by atoms with E-state index in [9.17, 15) is 0 Å². The predicted octanol–water partition coefficient (Wildman–Crippen LogP) is 24.6. The fourth-order valence-electron chi connectivity index (χ4n) is 18.6. The summed E-state index contributed by atoms with van der Waals surface area (Å²) in [5.74, 6) is 0.447. The number of ether oxygens (including phenoxy) is 4. The SMILES string of the molecule is CCCCC(CC)COc1c2cc(NC(=O)CP(=O)(c3ccccc3)c3ccccc3)cc1Cc1cc(NC(=O)CP(=O)(c3ccccc3)c3ccccc3)cc(c1OCC(CC)CCCC)Cc1cc(NC(=O)CP(=O)(c3ccccc3)c3ccccc3)cc(c1OCC(CC)CCCC)Cc1cc(NC(=O)CP(=O)(c3ccccc3)c3ccccc3)cc(c1OCC(CC)CCCC)C2. The normalized spacial score (nSPS) is 13.1. The van der Waals surface area contributed by atoms with E-state index in [1.807, 2.05) is 291 Å². The fourth-order valence-corrected chi connectivity index (χ4v) is 28.4. The number of fused-ring (bicyclic) bond motifs is 8. The number of amides is 4. The van der Waals surface area contributed by atoms with E-state index in [4.69, 9.17) is 18.9 Å². The fraction of sp³-hybridized carbons (Fsp3) is 0.345. The lowest BCUT2D eigenvalue weighted by Crippen LogP contribution is -2.26. The van der Waals surface area contributed by atoms with Gasteiger partial charge in [-0.25, -0.2) is 0 Å². The first-order valence-corrected chi connectivity index (χ1v) is 56.8. The number of hydrogen-bond donors (Lipinski definition) is 4. The maximum absolute atomic E-state index is 16.2. The number of carbonyl (C=O) groups is 4. The number of nitrogens with one attached hydrogen (secondary N) is 4. The van der Waals surface area contributed by atoms with Crippen LogP contribution in [0.2, 0.25) is 0 Å². The van der Waals surface area contributed by atoms with Gasteiger partial charge in [0.1, 0.15) is 23.0 Å². The molecular weight excluding hydrogens is 1770 g/mol. The molecule has 0 spiro atoms. The van der Waals surface area contributed by atoms with Gasteiger partial charge in [0.2, 0.25) is 23.6 Å². The molecule has 0 radical (unpaired) electrons. The van der Waals surface area contributed by atoms with Gasteiger partial charge in [-0.2, -0.15) is 0 Å². The highest BCUT2D eigenvalue weighted by atomic mass is 31.2. The van der Waals surface area contributed by atoms with E-state index in [0.29, 0.717) is 159 Å². The van der Waals surface area contributed by atoms with E-state index in [-0.39, 0.29) is 74.0 Å². The smallest absolute Gasteiger partial charge is 0.232 e. The van der Waals surface area contributed by atoms with E-state index in [1.165, 1.54) is 0 Å². The average Bonchev–Trinajstić information content (AvgIpc) is 0.755. The topological polar surface area (TPSA) is 222 Å². The third-order valence-electron chi connectivity index (χ3n) is 26.5. The second-order valence-corrected chi connectivity index (χ2v) is 47.9. The van der Waals surface area contributed by atoms with Crippen LogP contribution in [0, 0.1) is 23.7 Å². The molecular formula is C116H136N4O12P4. The Hall–Kier alpha value is -11.4. The standard InChI is InChI=1S/C116H136N4O12P4/c1-9-17-45-85(13-5)77-129-113-89-65-91-71-98(118-110(122)82-134(126,103-53-33-23-34-54-103)104-55-35-24-36-56-104)73-93(114(91)130-78-86(14-6)46-18-10-2)67-95-75-100(120-112(124)84-136(128,107-61-41-27-42-62-107)108-63-43-28-44-64-108)76-96(116(95)132-80-88(16-8)48-20-12-4)68-94-74-99(119-111(123)83-135(127,105-57-37-25-38-58-105)106-59-39-26-40-60-106)72-92(115(94)131-79-87(15-7)47-19-11-3)66-90(113)70-97(69-89)117-109(121)81-133(125,101-49-29-21-30-50-101)102-51-31-22-32-52-102/h21-44,49-64,69-76,85-88H,9-20,45-48,65-68,77-84H2,1-8H3,(H,117,121)(H,118,122)(H,119,123)(H,120,124). The molecule has 4 unspecified atom stereocenters. The Morgan fingerprint density at radius 2 is 0.390 bits per heavy atom. The van der Waals surface area contributed by atoms with Crippen molar-refractivity contribution in [1.82, 2.24) is 0 Å². The molecule has 12 aromatic rings. The molecule has 20 heteroatoms. The summed E-state index contributed by atoms with van der Waals surface area (Å²) in [7, 11) is -14.8. The summed E-state index contributed by atoms with van der Waals surface area (Å²) >= 11 is 0. The van der Waals surface area contributed by atoms with Crippen LogP contribution in [-0.4, -0.2) is 74.7 Å². The summed E-state index contributed by atoms with van der Waals surface area (Å²) < 4.78 is 95.4. The zero-order valence-electron chi connectivity index (χ0n) is 80.5. The number of hydrogen-bond acceptors (Lipinski definition) is 12. The molecule has 712 valence electrons. The van der Waals surface area contributed by atoms with E-state index >= 15 is 37.4 Å². The summed E-state index contributed by atoms with van der Waals surface area (Å²) in [6.45, 7) is 18.7. The van der Waals surface area contributed by atoms with Crippen molar-refractivity contribution in [2.45, 2.75) is 184 Å². The third-order valence-corrected chi connectivity index (χ3v) is 38.5. The minimum atomic E-state index is -3.71. The second-order valence-electron chi connectivity index (χ2n) is 36.6. The molecule has 0 heterocycles. The predicted molar refractivity (Wildman–Crippen MR) is 565 cm³/mol. The number of carbonyl (C=O) groups excluding carboxylic acids is 4. The van der Waals surface area contributed by atoms with Crippen molar-refractivity contribution in [3.8, 4) is 23.0 Å². The Morgan fingerprint density at radius 1 is 0.243 bits per heavy atom. The van der Waals surface area contributed by atoms with E-state index < -0.39 is 52.2 Å². The largest absolute Gasteiger partial charge is 0.493 e. The van der Waals surface area contributed by atoms with Gasteiger partial charge in [-0.05, 0) is 97.9 Å². The van der Waals surface area contributed by atoms with Gasteiger partial charge < -0.3 is 58.5 Å². The van der Waals surface area contributed by atoms with Gasteiger partial charge in [-0.1, -0.05) is 375 Å². The van der Waals surface area contributed by atoms with Crippen molar-refractivity contribution in [3.05, 3.63) is 336 Å². The van der Waals surface area contributed by atoms with Gasteiger partial charge in [0.25, 0.3) is 0 Å². The number of unbranched alkanes of at least 4 members (excludes halogenated alkanes) is 4. The van der Waals surface area contributed by atoms with Crippen LogP contribution in [0.5, 0.6) is 23.0 Å². The van der Waals surface area contributed by atoms with Crippen molar-refractivity contribution in [3.63, 3.8) is 0 Å². The monoisotopic (exact) mass is 1900 g/mol. The zero-order valence-corrected chi connectivity index (χ0v) is 84.1. The molecule has 12 aromatic carbocycles. The molecule has 0 fully saturated rings. The molecule has 0 aromatic heterocycles. The molecule has 4 N–H and O–H groups in total. The maximum atomic E-state index is 16.2. The van der Waals surface area contributed by atoms with Gasteiger partial charge in [-0.3, -0.25) is 19.2 Å². The van der Waals surface area contributed by atoms with Gasteiger partial charge in [0.05, 0.1) is 51.1 Å². The first-order chi connectivity index (χ1) is 66.1. The third kappa shape index (κ3) is 26.7. The van der Waals surface area contributed by atoms with Crippen molar-refractivity contribution < 1.29 is 56.4 Å². The lowest BCUT2D eigenvalue weighted by molar-refractivity contribution is -0.114. The Kier molecular flexibility index (Phi) is 37.6. The summed E-state index contributed by atoms with van der Waals surface area (Å²) in [4.78, 5) is 63.3. The molecule has 0 saturated carbocycles. The Bertz CT molecular complexity index is 5120. The first-order valence-electron chi connectivity index (χ1n) is 49.3. The first kappa shape index (κ1) is 102. The Morgan fingerprint density at radius 3 is 0.522 bits per heavy atom. The lowest BCUT2D eigenvalue weighted by atomic mass is 9.89. The molecule has 16 nitrogen and oxygen atoms in total. The van der Waals surface area contributed by atoms with Crippen LogP contribution in [0.4, 0.5) is 22.7 Å². The molecule has 1 aliphatic carbocycles. The maximum Gasteiger partial charge on any atom is 0.232 e. The summed E-state index contributed by atoms with van der Waals surface area (Å²) in [5.41, 5.74) is 6.51. The molecule has 0 saturated heterocycles. The van der Waals surface area contributed by atoms with Crippen molar-refractivity contribution >= 4 is 117 Å². The van der Waals surface area contributed by atoms with Crippen molar-refractivity contribution in [1.29, 1.82) is 0 Å². The highest BCUT2D eigenvalue weighted by Crippen LogP contribution is 2.50. The van der Waals surface area contributed by atoms with Crippen LogP contribution in [0.1, 0.15) is 203 Å². The molecule has 8 bridgehead atoms. The summed E-state index contributed by atoms with van der Waals surface area (Å²) in [5, 5.41) is 17.6. The highest BCUT2D eigenvalue weighted by Gasteiger charge is 2.37. The van der Waals surface area contributed by atoms with Gasteiger partial charge in [0.15, 0.2) is 28.6 Å². The van der Waals surface area contributed by atoms with Gasteiger partial charge in [0, 0.05) is 135 Å². The van der Waals surface area contributed by atoms with Crippen LogP contribution < -0.4 is 82.7 Å². The molecule has 1 aliphatic rings. The van der Waals surface area contributed by atoms with Crippen LogP contribution in [-0.2, 0) is 63.1 Å². The van der Waals surface area contributed by atoms with Crippen LogP contribution in [0.3, 0.4) is 0 Å². The molecule has 4 amide bonds. The zero-order chi connectivity index (χ0) is 95.9. The summed E-state index contributed by atoms with van der Waals surface area (Å²) in [6, 6.07) is 88.9. The Balaban J connectivity index is 1.12. The van der Waals surface area contributed by atoms with E-state index in [0.717, 1.165) is 103 Å². The van der Waals surface area contributed by atoms with Crippen molar-refractivity contribution in [2.24, 2.45) is 23.7 Å². The van der Waals surface area contributed by atoms with Gasteiger partial charge >= 0.3 is 0 Å². The quantitative estimate of drug-likeness (QED) is 0.0262. The minimum Gasteiger partial charge on any atom is -0.493 e. The summed E-state index contributed by atoms with van der Waals surface area (Å²) in [6.07, 6.45) is 13.1. The van der Waals surface area contributed by atoms with Gasteiger partial charge in [-0.15, -0.1) is 0 Å². The molecule has 4 atom stereocenters. The average molecular weight is 1900 g/mol. The minimum absolute atomic E-state index is 0.0427. The lowest BCUT2D eigenvalue weighted by Gasteiger charge is -2.27. The number of rotatable bonds is 48. The number of anilines is 4. The van der Waals surface area contributed by atoms with Crippen LogP contribution in [0.25, 0.3) is 0 Å². The Labute approximate surface area is 807 Å². The highest BCUT2D eigenvalue weighted by molar-refractivity contribution is 7.80.